The summed E-state index contributed by atoms with van der Waals surface area (Å²) in [5, 5.41) is 20.9. The van der Waals surface area contributed by atoms with Gasteiger partial charge < -0.3 is 10.2 Å². The predicted octanol–water partition coefficient (Wildman–Crippen LogP) is 2.05. The summed E-state index contributed by atoms with van der Waals surface area (Å²) in [4.78, 5) is 4.36. The third-order valence-corrected chi connectivity index (χ3v) is 2.93. The monoisotopic (exact) mass is 221 g/mol. The minimum absolute atomic E-state index is 0.118. The first-order valence-corrected chi connectivity index (χ1v) is 5.52. The molecule has 1 aromatic carbocycles. The van der Waals surface area contributed by atoms with Gasteiger partial charge in [0.2, 0.25) is 0 Å². The van der Waals surface area contributed by atoms with Gasteiger partial charge in [0, 0.05) is 24.0 Å². The van der Waals surface area contributed by atoms with Gasteiger partial charge in [0.1, 0.15) is 5.75 Å². The van der Waals surface area contributed by atoms with Crippen LogP contribution in [0, 0.1) is 0 Å². The Labute approximate surface area is 91.7 Å². The molecular formula is C11H11NO2S. The molecule has 2 N–H and O–H groups in total. The molecule has 1 aromatic heterocycles. The SMILES string of the molecule is OCCc1nc(-c2cccc(O)c2)cs1. The fourth-order valence-corrected chi connectivity index (χ4v) is 2.12. The number of hydrogen-bond acceptors (Lipinski definition) is 4. The lowest BCUT2D eigenvalue weighted by Gasteiger charge is -1.96. The molecule has 0 unspecified atom stereocenters. The van der Waals surface area contributed by atoms with E-state index in [9.17, 15) is 5.11 Å². The van der Waals surface area contributed by atoms with Gasteiger partial charge in [-0.2, -0.15) is 0 Å². The zero-order valence-electron chi connectivity index (χ0n) is 8.05. The molecule has 0 fully saturated rings. The van der Waals surface area contributed by atoms with Gasteiger partial charge in [-0.25, -0.2) is 4.98 Å². The number of rotatable bonds is 3. The van der Waals surface area contributed by atoms with Crippen LogP contribution in [-0.4, -0.2) is 21.8 Å². The van der Waals surface area contributed by atoms with Crippen LogP contribution in [0.2, 0.25) is 0 Å². The van der Waals surface area contributed by atoms with Crippen LogP contribution in [0.3, 0.4) is 0 Å². The van der Waals surface area contributed by atoms with Crippen LogP contribution in [0.1, 0.15) is 5.01 Å². The molecular weight excluding hydrogens is 210 g/mol. The van der Waals surface area contributed by atoms with E-state index in [2.05, 4.69) is 4.98 Å². The van der Waals surface area contributed by atoms with Crippen LogP contribution < -0.4 is 0 Å². The number of aliphatic hydroxyl groups excluding tert-OH is 1. The normalized spacial score (nSPS) is 10.5. The van der Waals surface area contributed by atoms with Gasteiger partial charge in [-0.05, 0) is 12.1 Å². The molecule has 0 aliphatic rings. The zero-order valence-corrected chi connectivity index (χ0v) is 8.87. The maximum atomic E-state index is 9.32. The Morgan fingerprint density at radius 2 is 2.20 bits per heavy atom. The highest BCUT2D eigenvalue weighted by Gasteiger charge is 2.04. The number of aromatic hydroxyl groups is 1. The van der Waals surface area contributed by atoms with E-state index < -0.39 is 0 Å². The molecule has 1 heterocycles. The number of benzene rings is 1. The van der Waals surface area contributed by atoms with Crippen molar-refractivity contribution in [3.63, 3.8) is 0 Å². The molecule has 0 amide bonds. The average Bonchev–Trinajstić information content (AvgIpc) is 2.67. The van der Waals surface area contributed by atoms with E-state index in [0.29, 0.717) is 6.42 Å². The molecule has 4 heteroatoms. The molecule has 0 aliphatic carbocycles. The van der Waals surface area contributed by atoms with Gasteiger partial charge in [0.05, 0.1) is 10.7 Å². The summed E-state index contributed by atoms with van der Waals surface area (Å²) < 4.78 is 0. The largest absolute Gasteiger partial charge is 0.508 e. The molecule has 2 rings (SSSR count). The summed E-state index contributed by atoms with van der Waals surface area (Å²) >= 11 is 1.52. The van der Waals surface area contributed by atoms with Crippen molar-refractivity contribution in [2.45, 2.75) is 6.42 Å². The van der Waals surface area contributed by atoms with Crippen LogP contribution in [0.25, 0.3) is 11.3 Å². The van der Waals surface area contributed by atoms with Gasteiger partial charge in [-0.1, -0.05) is 12.1 Å². The third kappa shape index (κ3) is 2.34. The molecule has 0 saturated heterocycles. The Balaban J connectivity index is 2.29. The minimum atomic E-state index is 0.118. The third-order valence-electron chi connectivity index (χ3n) is 2.02. The van der Waals surface area contributed by atoms with Crippen molar-refractivity contribution in [3.8, 4) is 17.0 Å². The lowest BCUT2D eigenvalue weighted by molar-refractivity contribution is 0.299. The molecule has 0 bridgehead atoms. The summed E-state index contributed by atoms with van der Waals surface area (Å²) in [6.45, 7) is 0.118. The predicted molar refractivity (Wildman–Crippen MR) is 60.0 cm³/mol. The van der Waals surface area contributed by atoms with E-state index in [-0.39, 0.29) is 12.4 Å². The Kier molecular flexibility index (Phi) is 2.99. The number of aliphatic hydroxyl groups is 1. The summed E-state index contributed by atoms with van der Waals surface area (Å²) in [5.41, 5.74) is 1.75. The van der Waals surface area contributed by atoms with Crippen LogP contribution in [0.4, 0.5) is 0 Å². The number of hydrogen-bond donors (Lipinski definition) is 2. The molecule has 2 aromatic rings. The van der Waals surface area contributed by atoms with E-state index in [1.54, 1.807) is 18.2 Å². The van der Waals surface area contributed by atoms with Crippen molar-refractivity contribution in [3.05, 3.63) is 34.7 Å². The number of aromatic nitrogens is 1. The highest BCUT2D eigenvalue weighted by Crippen LogP contribution is 2.24. The van der Waals surface area contributed by atoms with Crippen molar-refractivity contribution in [1.82, 2.24) is 4.98 Å². The van der Waals surface area contributed by atoms with Crippen molar-refractivity contribution >= 4 is 11.3 Å². The fraction of sp³-hybridized carbons (Fsp3) is 0.182. The maximum absolute atomic E-state index is 9.32. The highest BCUT2D eigenvalue weighted by atomic mass is 32.1. The lowest BCUT2D eigenvalue weighted by atomic mass is 10.2. The van der Waals surface area contributed by atoms with Crippen molar-refractivity contribution < 1.29 is 10.2 Å². The van der Waals surface area contributed by atoms with Gasteiger partial charge in [-0.15, -0.1) is 11.3 Å². The molecule has 0 aliphatic heterocycles. The van der Waals surface area contributed by atoms with Gasteiger partial charge >= 0.3 is 0 Å². The molecule has 78 valence electrons. The van der Waals surface area contributed by atoms with Crippen molar-refractivity contribution in [2.75, 3.05) is 6.61 Å². The van der Waals surface area contributed by atoms with E-state index in [4.69, 9.17) is 5.11 Å². The second-order valence-corrected chi connectivity index (χ2v) is 4.09. The van der Waals surface area contributed by atoms with E-state index >= 15 is 0 Å². The first kappa shape index (κ1) is 10.1. The van der Waals surface area contributed by atoms with E-state index in [0.717, 1.165) is 16.3 Å². The van der Waals surface area contributed by atoms with Crippen LogP contribution in [-0.2, 0) is 6.42 Å². The van der Waals surface area contributed by atoms with Crippen LogP contribution in [0.5, 0.6) is 5.75 Å². The second-order valence-electron chi connectivity index (χ2n) is 3.15. The van der Waals surface area contributed by atoms with Gasteiger partial charge in [-0.3, -0.25) is 0 Å². The number of thiazole rings is 1. The lowest BCUT2D eigenvalue weighted by Crippen LogP contribution is -1.88. The van der Waals surface area contributed by atoms with Gasteiger partial charge in [0.25, 0.3) is 0 Å². The molecule has 0 radical (unpaired) electrons. The van der Waals surface area contributed by atoms with Crippen LogP contribution in [0.15, 0.2) is 29.6 Å². The number of phenolic OH excluding ortho intramolecular Hbond substituents is 1. The summed E-state index contributed by atoms with van der Waals surface area (Å²) in [5.74, 6) is 0.240. The Hall–Kier alpha value is -1.39. The zero-order chi connectivity index (χ0) is 10.7. The molecule has 0 spiro atoms. The highest BCUT2D eigenvalue weighted by molar-refractivity contribution is 7.09. The van der Waals surface area contributed by atoms with E-state index in [1.165, 1.54) is 11.3 Å². The molecule has 3 nitrogen and oxygen atoms in total. The fourth-order valence-electron chi connectivity index (χ4n) is 1.32. The number of nitrogens with zero attached hydrogens (tertiary/aromatic N) is 1. The average molecular weight is 221 g/mol. The summed E-state index contributed by atoms with van der Waals surface area (Å²) in [7, 11) is 0. The van der Waals surface area contributed by atoms with Crippen LogP contribution >= 0.6 is 11.3 Å². The smallest absolute Gasteiger partial charge is 0.116 e. The number of phenols is 1. The molecule has 0 saturated carbocycles. The maximum Gasteiger partial charge on any atom is 0.116 e. The van der Waals surface area contributed by atoms with Crippen molar-refractivity contribution in [1.29, 1.82) is 0 Å². The Bertz CT molecular complexity index is 453. The minimum Gasteiger partial charge on any atom is -0.508 e. The first-order chi connectivity index (χ1) is 7.29. The second kappa shape index (κ2) is 4.42. The Morgan fingerprint density at radius 1 is 1.33 bits per heavy atom. The first-order valence-electron chi connectivity index (χ1n) is 4.64. The summed E-state index contributed by atoms with van der Waals surface area (Å²) in [6.07, 6.45) is 0.587. The van der Waals surface area contributed by atoms with E-state index in [1.807, 2.05) is 11.4 Å². The summed E-state index contributed by atoms with van der Waals surface area (Å²) in [6, 6.07) is 7.00. The molecule has 0 atom stereocenters. The quantitative estimate of drug-likeness (QED) is 0.834. The van der Waals surface area contributed by atoms with Crippen molar-refractivity contribution in [2.24, 2.45) is 0 Å². The molecule has 15 heavy (non-hydrogen) atoms. The van der Waals surface area contributed by atoms with Gasteiger partial charge in [0.15, 0.2) is 0 Å². The topological polar surface area (TPSA) is 53.4 Å². The standard InChI is InChI=1S/C11H11NO2S/c13-5-4-11-12-10(7-15-11)8-2-1-3-9(14)6-8/h1-3,6-7,13-14H,4-5H2. The Morgan fingerprint density at radius 3 is 2.93 bits per heavy atom.